The molecule has 2 N–H and O–H groups in total. The summed E-state index contributed by atoms with van der Waals surface area (Å²) in [4.78, 5) is 0. The summed E-state index contributed by atoms with van der Waals surface area (Å²) in [7, 11) is 0. The smallest absolute Gasteiger partial charge is 0.0576 e. The van der Waals surface area contributed by atoms with Gasteiger partial charge in [0.1, 0.15) is 0 Å². The summed E-state index contributed by atoms with van der Waals surface area (Å²) in [5.74, 6) is 0.555. The highest BCUT2D eigenvalue weighted by Crippen LogP contribution is 2.21. The van der Waals surface area contributed by atoms with E-state index in [1.807, 2.05) is 18.2 Å². The summed E-state index contributed by atoms with van der Waals surface area (Å²) >= 11 is 6.01. The molecule has 0 amide bonds. The van der Waals surface area contributed by atoms with Crippen molar-refractivity contribution in [2.24, 2.45) is 11.7 Å². The van der Waals surface area contributed by atoms with Gasteiger partial charge in [0.05, 0.1) is 6.10 Å². The van der Waals surface area contributed by atoms with Gasteiger partial charge in [-0.3, -0.25) is 0 Å². The molecule has 1 fully saturated rings. The quantitative estimate of drug-likeness (QED) is 0.825. The number of ether oxygens (including phenoxy) is 1. The lowest BCUT2D eigenvalue weighted by molar-refractivity contribution is 0.101. The SMILES string of the molecule is NCC(CCCC1CCCO1)Cc1cccc(Cl)c1. The van der Waals surface area contributed by atoms with Crippen LogP contribution in [0.25, 0.3) is 0 Å². The van der Waals surface area contributed by atoms with Crippen LogP contribution in [0.5, 0.6) is 0 Å². The predicted octanol–water partition coefficient (Wildman–Crippen LogP) is 3.81. The molecular weight excluding hydrogens is 258 g/mol. The van der Waals surface area contributed by atoms with E-state index in [-0.39, 0.29) is 0 Å². The van der Waals surface area contributed by atoms with E-state index < -0.39 is 0 Å². The number of benzene rings is 1. The first-order chi connectivity index (χ1) is 9.28. The Bertz CT molecular complexity index is 377. The van der Waals surface area contributed by atoms with Crippen molar-refractivity contribution < 1.29 is 4.74 Å². The second-order valence-corrected chi connectivity index (χ2v) is 5.94. The van der Waals surface area contributed by atoms with Gasteiger partial charge in [0.15, 0.2) is 0 Å². The molecule has 3 heteroatoms. The Labute approximate surface area is 121 Å². The molecule has 0 bridgehead atoms. The van der Waals surface area contributed by atoms with Gasteiger partial charge in [-0.15, -0.1) is 0 Å². The van der Waals surface area contributed by atoms with Gasteiger partial charge in [-0.05, 0) is 62.3 Å². The van der Waals surface area contributed by atoms with Crippen LogP contribution < -0.4 is 5.73 Å². The Morgan fingerprint density at radius 2 is 2.32 bits per heavy atom. The molecule has 0 saturated carbocycles. The third kappa shape index (κ3) is 5.13. The summed E-state index contributed by atoms with van der Waals surface area (Å²) in [5.41, 5.74) is 7.18. The van der Waals surface area contributed by atoms with E-state index in [4.69, 9.17) is 22.1 Å². The van der Waals surface area contributed by atoms with Gasteiger partial charge in [0, 0.05) is 11.6 Å². The minimum absolute atomic E-state index is 0.504. The summed E-state index contributed by atoms with van der Waals surface area (Å²) in [6, 6.07) is 8.11. The third-order valence-corrected chi connectivity index (χ3v) is 4.14. The molecule has 1 aliphatic rings. The lowest BCUT2D eigenvalue weighted by Crippen LogP contribution is -2.17. The van der Waals surface area contributed by atoms with Crippen LogP contribution in [-0.2, 0) is 11.2 Å². The summed E-state index contributed by atoms with van der Waals surface area (Å²) < 4.78 is 5.65. The monoisotopic (exact) mass is 281 g/mol. The zero-order valence-corrected chi connectivity index (χ0v) is 12.2. The molecule has 2 unspecified atom stereocenters. The normalized spacial score (nSPS) is 20.6. The molecule has 1 heterocycles. The highest BCUT2D eigenvalue weighted by atomic mass is 35.5. The molecule has 19 heavy (non-hydrogen) atoms. The molecule has 1 aromatic carbocycles. The fourth-order valence-electron chi connectivity index (χ4n) is 2.81. The summed E-state index contributed by atoms with van der Waals surface area (Å²) in [6.45, 7) is 1.70. The molecule has 1 aromatic rings. The van der Waals surface area contributed by atoms with Crippen molar-refractivity contribution in [1.82, 2.24) is 0 Å². The average molecular weight is 282 g/mol. The van der Waals surface area contributed by atoms with Crippen LogP contribution in [0.1, 0.15) is 37.7 Å². The minimum Gasteiger partial charge on any atom is -0.378 e. The van der Waals surface area contributed by atoms with Crippen molar-refractivity contribution in [3.8, 4) is 0 Å². The summed E-state index contributed by atoms with van der Waals surface area (Å²) in [6.07, 6.45) is 7.59. The van der Waals surface area contributed by atoms with Crippen molar-refractivity contribution in [2.75, 3.05) is 13.2 Å². The second kappa shape index (κ2) is 7.88. The Morgan fingerprint density at radius 3 is 3.00 bits per heavy atom. The first-order valence-corrected chi connectivity index (χ1v) is 7.72. The van der Waals surface area contributed by atoms with Gasteiger partial charge < -0.3 is 10.5 Å². The first kappa shape index (κ1) is 14.8. The molecule has 1 aliphatic heterocycles. The second-order valence-electron chi connectivity index (χ2n) is 5.50. The maximum atomic E-state index is 6.01. The standard InChI is InChI=1S/C16H24ClNO/c17-15-6-1-4-13(11-15)10-14(12-18)5-2-7-16-8-3-9-19-16/h1,4,6,11,14,16H,2-3,5,7-10,12,18H2. The predicted molar refractivity (Wildman–Crippen MR) is 80.5 cm³/mol. The van der Waals surface area contributed by atoms with Gasteiger partial charge in [-0.2, -0.15) is 0 Å². The average Bonchev–Trinajstić information content (AvgIpc) is 2.91. The molecule has 0 spiro atoms. The molecule has 106 valence electrons. The highest BCUT2D eigenvalue weighted by Gasteiger charge is 2.16. The number of hydrogen-bond donors (Lipinski definition) is 1. The molecule has 2 atom stereocenters. The first-order valence-electron chi connectivity index (χ1n) is 7.34. The van der Waals surface area contributed by atoms with Crippen molar-refractivity contribution >= 4 is 11.6 Å². The van der Waals surface area contributed by atoms with Crippen LogP contribution in [0.15, 0.2) is 24.3 Å². The lowest BCUT2D eigenvalue weighted by Gasteiger charge is -2.16. The fraction of sp³-hybridized carbons (Fsp3) is 0.625. The molecule has 2 nitrogen and oxygen atoms in total. The molecular formula is C16H24ClNO. The maximum absolute atomic E-state index is 6.01. The minimum atomic E-state index is 0.504. The fourth-order valence-corrected chi connectivity index (χ4v) is 3.02. The number of nitrogens with two attached hydrogens (primary N) is 1. The van der Waals surface area contributed by atoms with E-state index in [9.17, 15) is 0 Å². The van der Waals surface area contributed by atoms with E-state index in [1.165, 1.54) is 37.7 Å². The van der Waals surface area contributed by atoms with Crippen LogP contribution >= 0.6 is 11.6 Å². The Morgan fingerprint density at radius 1 is 1.42 bits per heavy atom. The zero-order chi connectivity index (χ0) is 13.5. The van der Waals surface area contributed by atoms with E-state index in [2.05, 4.69) is 6.07 Å². The Balaban J connectivity index is 1.73. The van der Waals surface area contributed by atoms with E-state index >= 15 is 0 Å². The van der Waals surface area contributed by atoms with E-state index in [1.54, 1.807) is 0 Å². The molecule has 2 rings (SSSR count). The van der Waals surface area contributed by atoms with Crippen molar-refractivity contribution in [3.05, 3.63) is 34.9 Å². The largest absolute Gasteiger partial charge is 0.378 e. The van der Waals surface area contributed by atoms with Crippen molar-refractivity contribution in [2.45, 2.75) is 44.6 Å². The molecule has 0 aliphatic carbocycles. The zero-order valence-electron chi connectivity index (χ0n) is 11.5. The van der Waals surface area contributed by atoms with E-state index in [0.717, 1.165) is 24.6 Å². The molecule has 0 radical (unpaired) electrons. The van der Waals surface area contributed by atoms with Crippen molar-refractivity contribution in [1.29, 1.82) is 0 Å². The van der Waals surface area contributed by atoms with E-state index in [0.29, 0.717) is 12.0 Å². The third-order valence-electron chi connectivity index (χ3n) is 3.91. The van der Waals surface area contributed by atoms with Gasteiger partial charge in [-0.1, -0.05) is 30.2 Å². The highest BCUT2D eigenvalue weighted by molar-refractivity contribution is 6.30. The van der Waals surface area contributed by atoms with Gasteiger partial charge >= 0.3 is 0 Å². The maximum Gasteiger partial charge on any atom is 0.0576 e. The topological polar surface area (TPSA) is 35.2 Å². The lowest BCUT2D eigenvalue weighted by atomic mass is 9.93. The number of halogens is 1. The van der Waals surface area contributed by atoms with Crippen LogP contribution in [-0.4, -0.2) is 19.3 Å². The van der Waals surface area contributed by atoms with Crippen LogP contribution in [0.3, 0.4) is 0 Å². The Kier molecular flexibility index (Phi) is 6.15. The molecule has 1 saturated heterocycles. The van der Waals surface area contributed by atoms with Crippen LogP contribution in [0.4, 0.5) is 0 Å². The molecule has 0 aromatic heterocycles. The Hall–Kier alpha value is -0.570. The van der Waals surface area contributed by atoms with Gasteiger partial charge in [-0.25, -0.2) is 0 Å². The van der Waals surface area contributed by atoms with Gasteiger partial charge in [0.25, 0.3) is 0 Å². The van der Waals surface area contributed by atoms with Crippen molar-refractivity contribution in [3.63, 3.8) is 0 Å². The van der Waals surface area contributed by atoms with Gasteiger partial charge in [0.2, 0.25) is 0 Å². The van der Waals surface area contributed by atoms with Crippen LogP contribution in [0, 0.1) is 5.92 Å². The summed E-state index contributed by atoms with van der Waals surface area (Å²) in [5, 5.41) is 0.813. The van der Waals surface area contributed by atoms with Crippen LogP contribution in [0.2, 0.25) is 5.02 Å². The number of hydrogen-bond acceptors (Lipinski definition) is 2. The number of rotatable bonds is 7.